The van der Waals surface area contributed by atoms with Crippen LogP contribution >= 0.6 is 0 Å². The average molecular weight is 293 g/mol. The maximum absolute atomic E-state index is 11.9. The summed E-state index contributed by atoms with van der Waals surface area (Å²) < 4.78 is 5.11. The number of rotatable bonds is 9. The van der Waals surface area contributed by atoms with Crippen LogP contribution in [0.2, 0.25) is 0 Å². The predicted molar refractivity (Wildman–Crippen MR) is 80.3 cm³/mol. The highest BCUT2D eigenvalue weighted by atomic mass is 16.5. The molecular formula is C16H23NO4. The first kappa shape index (κ1) is 17.0. The molecule has 0 aromatic heterocycles. The van der Waals surface area contributed by atoms with Gasteiger partial charge in [-0.2, -0.15) is 0 Å². The lowest BCUT2D eigenvalue weighted by molar-refractivity contribution is -0.137. The zero-order valence-corrected chi connectivity index (χ0v) is 12.6. The van der Waals surface area contributed by atoms with Gasteiger partial charge in [-0.25, -0.2) is 0 Å². The Morgan fingerprint density at radius 1 is 1.19 bits per heavy atom. The van der Waals surface area contributed by atoms with Crippen molar-refractivity contribution in [1.29, 1.82) is 0 Å². The molecule has 1 rings (SSSR count). The van der Waals surface area contributed by atoms with Crippen molar-refractivity contribution in [2.24, 2.45) is 0 Å². The lowest BCUT2D eigenvalue weighted by atomic mass is 10.0. The summed E-state index contributed by atoms with van der Waals surface area (Å²) >= 11 is 0. The van der Waals surface area contributed by atoms with E-state index in [0.717, 1.165) is 17.7 Å². The lowest BCUT2D eigenvalue weighted by Gasteiger charge is -2.17. The van der Waals surface area contributed by atoms with Crippen LogP contribution < -0.4 is 10.1 Å². The Morgan fingerprint density at radius 2 is 1.81 bits per heavy atom. The number of carbonyl (C=O) groups is 2. The molecule has 116 valence electrons. The largest absolute Gasteiger partial charge is 0.497 e. The number of amides is 1. The number of carboxylic acid groups (broad SMARTS) is 1. The second kappa shape index (κ2) is 9.00. The molecule has 1 aromatic carbocycles. The normalized spacial score (nSPS) is 11.7. The molecule has 2 N–H and O–H groups in total. The molecule has 0 saturated carbocycles. The van der Waals surface area contributed by atoms with Crippen LogP contribution in [0.5, 0.6) is 5.75 Å². The molecule has 0 saturated heterocycles. The van der Waals surface area contributed by atoms with Gasteiger partial charge in [-0.3, -0.25) is 9.59 Å². The molecular weight excluding hydrogens is 270 g/mol. The van der Waals surface area contributed by atoms with Gasteiger partial charge in [-0.05, 0) is 37.0 Å². The van der Waals surface area contributed by atoms with Crippen molar-refractivity contribution >= 4 is 11.9 Å². The highest BCUT2D eigenvalue weighted by Crippen LogP contribution is 2.20. The summed E-state index contributed by atoms with van der Waals surface area (Å²) in [5.41, 5.74) is 1.04. The van der Waals surface area contributed by atoms with Gasteiger partial charge in [0.05, 0.1) is 13.2 Å². The zero-order valence-electron chi connectivity index (χ0n) is 12.6. The van der Waals surface area contributed by atoms with E-state index < -0.39 is 5.97 Å². The number of methoxy groups -OCH3 is 1. The van der Waals surface area contributed by atoms with Crippen molar-refractivity contribution in [3.63, 3.8) is 0 Å². The third-order valence-corrected chi connectivity index (χ3v) is 3.31. The van der Waals surface area contributed by atoms with Crippen LogP contribution in [0.3, 0.4) is 0 Å². The number of unbranched alkanes of at least 4 members (excludes halogenated alkanes) is 1. The SMILES string of the molecule is CCC(NC(=O)CCCCC(=O)O)c1ccc(OC)cc1. The summed E-state index contributed by atoms with van der Waals surface area (Å²) in [6.45, 7) is 2.01. The summed E-state index contributed by atoms with van der Waals surface area (Å²) in [6.07, 6.45) is 2.40. The third-order valence-electron chi connectivity index (χ3n) is 3.31. The fraction of sp³-hybridized carbons (Fsp3) is 0.500. The van der Waals surface area contributed by atoms with Crippen LogP contribution in [-0.4, -0.2) is 24.1 Å². The Kier molecular flexibility index (Phi) is 7.29. The van der Waals surface area contributed by atoms with Gasteiger partial charge in [-0.1, -0.05) is 19.1 Å². The smallest absolute Gasteiger partial charge is 0.303 e. The van der Waals surface area contributed by atoms with E-state index in [0.29, 0.717) is 19.3 Å². The lowest BCUT2D eigenvalue weighted by Crippen LogP contribution is -2.27. The number of aliphatic carboxylic acids is 1. The Balaban J connectivity index is 2.45. The Labute approximate surface area is 125 Å². The van der Waals surface area contributed by atoms with E-state index in [1.807, 2.05) is 31.2 Å². The van der Waals surface area contributed by atoms with Gasteiger partial charge in [0.15, 0.2) is 0 Å². The number of carboxylic acids is 1. The molecule has 21 heavy (non-hydrogen) atoms. The standard InChI is InChI=1S/C16H23NO4/c1-3-14(12-8-10-13(21-2)11-9-12)17-15(18)6-4-5-7-16(19)20/h8-11,14H,3-7H2,1-2H3,(H,17,18)(H,19,20). The summed E-state index contributed by atoms with van der Waals surface area (Å²) in [4.78, 5) is 22.3. The number of hydrogen-bond donors (Lipinski definition) is 2. The van der Waals surface area contributed by atoms with Gasteiger partial charge in [-0.15, -0.1) is 0 Å². The van der Waals surface area contributed by atoms with Crippen LogP contribution in [0.15, 0.2) is 24.3 Å². The molecule has 0 aliphatic carbocycles. The molecule has 0 aliphatic rings. The van der Waals surface area contributed by atoms with Gasteiger partial charge in [0, 0.05) is 12.8 Å². The summed E-state index contributed by atoms with van der Waals surface area (Å²) in [5.74, 6) is -0.0725. The second-order valence-corrected chi connectivity index (χ2v) is 4.90. The molecule has 0 bridgehead atoms. The molecule has 1 unspecified atom stereocenters. The Morgan fingerprint density at radius 3 is 2.33 bits per heavy atom. The topological polar surface area (TPSA) is 75.6 Å². The van der Waals surface area contributed by atoms with Crippen molar-refractivity contribution in [3.05, 3.63) is 29.8 Å². The van der Waals surface area contributed by atoms with E-state index >= 15 is 0 Å². The van der Waals surface area contributed by atoms with Crippen LogP contribution in [0.4, 0.5) is 0 Å². The minimum absolute atomic E-state index is 0.0251. The quantitative estimate of drug-likeness (QED) is 0.686. The second-order valence-electron chi connectivity index (χ2n) is 4.90. The first-order valence-electron chi connectivity index (χ1n) is 7.22. The first-order chi connectivity index (χ1) is 10.1. The number of ether oxygens (including phenoxy) is 1. The Hall–Kier alpha value is -2.04. The molecule has 0 spiro atoms. The molecule has 1 amide bonds. The summed E-state index contributed by atoms with van der Waals surface area (Å²) in [6, 6.07) is 7.60. The van der Waals surface area contributed by atoms with E-state index in [2.05, 4.69) is 5.32 Å². The van der Waals surface area contributed by atoms with Crippen molar-refractivity contribution in [2.45, 2.75) is 45.1 Å². The number of carbonyl (C=O) groups excluding carboxylic acids is 1. The van der Waals surface area contributed by atoms with Crippen molar-refractivity contribution in [2.75, 3.05) is 7.11 Å². The van der Waals surface area contributed by atoms with E-state index in [1.165, 1.54) is 0 Å². The highest BCUT2D eigenvalue weighted by Gasteiger charge is 2.12. The van der Waals surface area contributed by atoms with Gasteiger partial charge < -0.3 is 15.2 Å². The minimum Gasteiger partial charge on any atom is -0.497 e. The molecule has 1 atom stereocenters. The first-order valence-corrected chi connectivity index (χ1v) is 7.22. The molecule has 0 aliphatic heterocycles. The molecule has 0 heterocycles. The molecule has 0 radical (unpaired) electrons. The van der Waals surface area contributed by atoms with Gasteiger partial charge >= 0.3 is 5.97 Å². The zero-order chi connectivity index (χ0) is 15.7. The van der Waals surface area contributed by atoms with Crippen molar-refractivity contribution in [1.82, 2.24) is 5.32 Å². The summed E-state index contributed by atoms with van der Waals surface area (Å²) in [5, 5.41) is 11.5. The maximum atomic E-state index is 11.9. The van der Waals surface area contributed by atoms with Crippen molar-refractivity contribution < 1.29 is 19.4 Å². The van der Waals surface area contributed by atoms with E-state index in [9.17, 15) is 9.59 Å². The predicted octanol–water partition coefficient (Wildman–Crippen LogP) is 2.91. The van der Waals surface area contributed by atoms with E-state index in [1.54, 1.807) is 7.11 Å². The monoisotopic (exact) mass is 293 g/mol. The highest BCUT2D eigenvalue weighted by molar-refractivity contribution is 5.76. The molecule has 0 fully saturated rings. The van der Waals surface area contributed by atoms with Gasteiger partial charge in [0.2, 0.25) is 5.91 Å². The van der Waals surface area contributed by atoms with Gasteiger partial charge in [0.1, 0.15) is 5.75 Å². The molecule has 5 nitrogen and oxygen atoms in total. The molecule has 1 aromatic rings. The van der Waals surface area contributed by atoms with E-state index in [-0.39, 0.29) is 18.4 Å². The van der Waals surface area contributed by atoms with Crippen molar-refractivity contribution in [3.8, 4) is 5.75 Å². The number of hydrogen-bond acceptors (Lipinski definition) is 3. The van der Waals surface area contributed by atoms with Gasteiger partial charge in [0.25, 0.3) is 0 Å². The fourth-order valence-corrected chi connectivity index (χ4v) is 2.09. The maximum Gasteiger partial charge on any atom is 0.303 e. The minimum atomic E-state index is -0.819. The number of nitrogens with one attached hydrogen (secondary N) is 1. The number of benzene rings is 1. The van der Waals surface area contributed by atoms with E-state index in [4.69, 9.17) is 9.84 Å². The molecule has 5 heteroatoms. The van der Waals surface area contributed by atoms with Crippen LogP contribution in [0, 0.1) is 0 Å². The average Bonchev–Trinajstić information content (AvgIpc) is 2.49. The van der Waals surface area contributed by atoms with Crippen LogP contribution in [0.1, 0.15) is 50.6 Å². The third kappa shape index (κ3) is 6.29. The fourth-order valence-electron chi connectivity index (χ4n) is 2.09. The van der Waals surface area contributed by atoms with Crippen LogP contribution in [0.25, 0.3) is 0 Å². The van der Waals surface area contributed by atoms with Crippen LogP contribution in [-0.2, 0) is 9.59 Å². The summed E-state index contributed by atoms with van der Waals surface area (Å²) in [7, 11) is 1.62. The Bertz CT molecular complexity index is 456.